The van der Waals surface area contributed by atoms with E-state index >= 15 is 0 Å². The van der Waals surface area contributed by atoms with Gasteiger partial charge < -0.3 is 14.3 Å². The lowest BCUT2D eigenvalue weighted by Crippen LogP contribution is -2.28. The Morgan fingerprint density at radius 3 is 2.43 bits per heavy atom. The van der Waals surface area contributed by atoms with E-state index in [1.807, 2.05) is 16.5 Å². The molecule has 0 bridgehead atoms. The van der Waals surface area contributed by atoms with Crippen molar-refractivity contribution in [2.24, 2.45) is 0 Å². The topological polar surface area (TPSA) is 51.0 Å². The summed E-state index contributed by atoms with van der Waals surface area (Å²) >= 11 is 0. The molecule has 2 aromatic rings. The Hall–Kier alpha value is -2.17. The fourth-order valence-corrected chi connectivity index (χ4v) is 2.78. The molecule has 0 N–H and O–H groups in total. The van der Waals surface area contributed by atoms with Crippen molar-refractivity contribution in [3.05, 3.63) is 42.0 Å². The van der Waals surface area contributed by atoms with E-state index in [4.69, 9.17) is 0 Å². The molecule has 23 heavy (non-hydrogen) atoms. The van der Waals surface area contributed by atoms with Crippen LogP contribution in [0.1, 0.15) is 57.1 Å². The Balaban J connectivity index is 1.86. The predicted octanol–water partition coefficient (Wildman–Crippen LogP) is 3.29. The zero-order chi connectivity index (χ0) is 16.6. The molecule has 1 aliphatic rings. The highest BCUT2D eigenvalue weighted by Crippen LogP contribution is 2.37. The molecular weight excluding hydrogens is 288 g/mol. The first-order valence-corrected chi connectivity index (χ1v) is 8.10. The summed E-state index contributed by atoms with van der Waals surface area (Å²) in [7, 11) is 1.93. The van der Waals surface area contributed by atoms with Gasteiger partial charge in [0.05, 0.1) is 0 Å². The molecule has 3 rings (SSSR count). The molecule has 5 nitrogen and oxygen atoms in total. The number of aldehydes is 1. The van der Waals surface area contributed by atoms with E-state index in [0.717, 1.165) is 30.6 Å². The lowest BCUT2D eigenvalue weighted by molar-refractivity contribution is -0.109. The third-order valence-electron chi connectivity index (χ3n) is 4.49. The number of carbonyl (C=O) groups is 1. The van der Waals surface area contributed by atoms with Crippen molar-refractivity contribution in [1.82, 2.24) is 14.8 Å². The van der Waals surface area contributed by atoms with Gasteiger partial charge in [-0.25, -0.2) is 0 Å². The zero-order valence-corrected chi connectivity index (χ0v) is 14.2. The molecule has 0 spiro atoms. The average Bonchev–Trinajstić information content (AvgIpc) is 3.26. The smallest absolute Gasteiger partial charge is 0.163 e. The summed E-state index contributed by atoms with van der Waals surface area (Å²) in [5, 5.41) is 8.19. The first-order chi connectivity index (χ1) is 10.9. The van der Waals surface area contributed by atoms with E-state index in [0.29, 0.717) is 6.04 Å². The third kappa shape index (κ3) is 3.14. The number of carbonyl (C=O) groups excluding carboxylic acids is 1. The van der Waals surface area contributed by atoms with Crippen LogP contribution in [-0.2, 0) is 10.2 Å². The minimum atomic E-state index is -0.418. The van der Waals surface area contributed by atoms with Gasteiger partial charge in [-0.3, -0.25) is 0 Å². The van der Waals surface area contributed by atoms with E-state index in [1.165, 1.54) is 5.56 Å². The van der Waals surface area contributed by atoms with Crippen molar-refractivity contribution in [1.29, 1.82) is 0 Å². The van der Waals surface area contributed by atoms with Crippen molar-refractivity contribution >= 4 is 12.0 Å². The molecule has 5 heteroatoms. The van der Waals surface area contributed by atoms with E-state index in [2.05, 4.69) is 55.2 Å². The maximum Gasteiger partial charge on any atom is 0.163 e. The summed E-state index contributed by atoms with van der Waals surface area (Å²) in [4.78, 5) is 13.7. The van der Waals surface area contributed by atoms with Crippen LogP contribution in [0.2, 0.25) is 0 Å². The van der Waals surface area contributed by atoms with Gasteiger partial charge in [0.25, 0.3) is 0 Å². The summed E-state index contributed by atoms with van der Waals surface area (Å²) in [6.07, 6.45) is 4.96. The number of benzene rings is 1. The van der Waals surface area contributed by atoms with Gasteiger partial charge >= 0.3 is 0 Å². The number of hydrogen-bond acceptors (Lipinski definition) is 4. The van der Waals surface area contributed by atoms with Gasteiger partial charge in [-0.2, -0.15) is 0 Å². The van der Waals surface area contributed by atoms with Crippen molar-refractivity contribution < 1.29 is 4.79 Å². The van der Waals surface area contributed by atoms with Gasteiger partial charge in [0.2, 0.25) is 0 Å². The van der Waals surface area contributed by atoms with Crippen LogP contribution in [0.3, 0.4) is 0 Å². The molecule has 1 aromatic carbocycles. The summed E-state index contributed by atoms with van der Waals surface area (Å²) in [5.41, 5.74) is 2.40. The lowest BCUT2D eigenvalue weighted by Gasteiger charge is -2.27. The molecule has 0 amide bonds. The summed E-state index contributed by atoms with van der Waals surface area (Å²) in [5.74, 6) is 0.727. The molecule has 1 fully saturated rings. The van der Waals surface area contributed by atoms with Crippen LogP contribution in [0.5, 0.6) is 0 Å². The van der Waals surface area contributed by atoms with Crippen LogP contribution >= 0.6 is 0 Å². The van der Waals surface area contributed by atoms with Crippen LogP contribution < -0.4 is 4.90 Å². The molecular formula is C18H24N4O. The number of hydrogen-bond donors (Lipinski definition) is 0. The van der Waals surface area contributed by atoms with Crippen LogP contribution in [0, 0.1) is 0 Å². The van der Waals surface area contributed by atoms with Crippen LogP contribution in [0.25, 0.3) is 0 Å². The van der Waals surface area contributed by atoms with Gasteiger partial charge in [-0.1, -0.05) is 32.9 Å². The second-order valence-electron chi connectivity index (χ2n) is 7.32. The van der Waals surface area contributed by atoms with Crippen molar-refractivity contribution in [3.8, 4) is 0 Å². The fourth-order valence-electron chi connectivity index (χ4n) is 2.78. The summed E-state index contributed by atoms with van der Waals surface area (Å²) in [6, 6.07) is 8.42. The van der Waals surface area contributed by atoms with Gasteiger partial charge in [0.1, 0.15) is 18.7 Å². The molecule has 122 valence electrons. The van der Waals surface area contributed by atoms with Crippen LogP contribution in [-0.4, -0.2) is 28.1 Å². The molecule has 1 atom stereocenters. The number of anilines is 1. The van der Waals surface area contributed by atoms with E-state index < -0.39 is 6.04 Å². The lowest BCUT2D eigenvalue weighted by atomic mass is 9.87. The molecule has 1 aliphatic carbocycles. The predicted molar refractivity (Wildman–Crippen MR) is 90.6 cm³/mol. The Kier molecular flexibility index (Phi) is 3.96. The van der Waals surface area contributed by atoms with Crippen LogP contribution in [0.4, 0.5) is 5.69 Å². The SMILES string of the molecule is CN(c1ccc(C(C)(C)C)cc1)C(C=O)c1nncn1C1CC1. The van der Waals surface area contributed by atoms with E-state index in [-0.39, 0.29) is 5.41 Å². The summed E-state index contributed by atoms with van der Waals surface area (Å²) in [6.45, 7) is 6.58. The maximum absolute atomic E-state index is 11.7. The number of aromatic nitrogens is 3. The van der Waals surface area contributed by atoms with E-state index in [1.54, 1.807) is 6.33 Å². The highest BCUT2D eigenvalue weighted by Gasteiger charge is 2.31. The Labute approximate surface area is 137 Å². The average molecular weight is 312 g/mol. The molecule has 1 unspecified atom stereocenters. The van der Waals surface area contributed by atoms with Crippen molar-refractivity contribution in [2.45, 2.75) is 51.1 Å². The maximum atomic E-state index is 11.7. The number of likely N-dealkylation sites (N-methyl/N-ethyl adjacent to an activating group) is 1. The monoisotopic (exact) mass is 312 g/mol. The Morgan fingerprint density at radius 2 is 1.91 bits per heavy atom. The molecule has 1 saturated carbocycles. The highest BCUT2D eigenvalue weighted by atomic mass is 16.1. The summed E-state index contributed by atoms with van der Waals surface area (Å²) < 4.78 is 2.04. The Morgan fingerprint density at radius 1 is 1.26 bits per heavy atom. The molecule has 1 aromatic heterocycles. The molecule has 0 saturated heterocycles. The second-order valence-corrected chi connectivity index (χ2v) is 7.32. The normalized spacial score (nSPS) is 16.2. The minimum Gasteiger partial charge on any atom is -0.358 e. The first-order valence-electron chi connectivity index (χ1n) is 8.10. The third-order valence-corrected chi connectivity index (χ3v) is 4.49. The second kappa shape index (κ2) is 5.80. The van der Waals surface area contributed by atoms with Crippen molar-refractivity contribution in [3.63, 3.8) is 0 Å². The number of nitrogens with zero attached hydrogens (tertiary/aromatic N) is 4. The van der Waals surface area contributed by atoms with Crippen LogP contribution in [0.15, 0.2) is 30.6 Å². The van der Waals surface area contributed by atoms with E-state index in [9.17, 15) is 4.79 Å². The van der Waals surface area contributed by atoms with Gasteiger partial charge in [-0.05, 0) is 36.0 Å². The minimum absolute atomic E-state index is 0.118. The molecule has 0 radical (unpaired) electrons. The Bertz CT molecular complexity index is 680. The van der Waals surface area contributed by atoms with Gasteiger partial charge in [0, 0.05) is 18.8 Å². The number of rotatable bonds is 5. The quantitative estimate of drug-likeness (QED) is 0.795. The van der Waals surface area contributed by atoms with Gasteiger partial charge in [0.15, 0.2) is 5.82 Å². The molecule has 1 heterocycles. The largest absolute Gasteiger partial charge is 0.358 e. The van der Waals surface area contributed by atoms with Crippen molar-refractivity contribution in [2.75, 3.05) is 11.9 Å². The zero-order valence-electron chi connectivity index (χ0n) is 14.2. The standard InChI is InChI=1S/C18H24N4O/c1-18(2,3)13-5-7-14(8-6-13)21(4)16(11-23)17-20-19-12-22(17)15-9-10-15/h5-8,11-12,15-16H,9-10H2,1-4H3. The fraction of sp³-hybridized carbons (Fsp3) is 0.500. The first kappa shape index (κ1) is 15.7. The molecule has 0 aliphatic heterocycles. The highest BCUT2D eigenvalue weighted by molar-refractivity contribution is 5.67. The van der Waals surface area contributed by atoms with Gasteiger partial charge in [-0.15, -0.1) is 10.2 Å².